The van der Waals surface area contributed by atoms with Crippen LogP contribution in [0, 0.1) is 6.92 Å². The Labute approximate surface area is 84.6 Å². The molecule has 0 fully saturated rings. The number of hydrogen-bond acceptors (Lipinski definition) is 4. The first-order valence-electron chi connectivity index (χ1n) is 5.03. The van der Waals surface area contributed by atoms with Crippen molar-refractivity contribution in [3.63, 3.8) is 0 Å². The third kappa shape index (κ3) is 4.39. The Morgan fingerprint density at radius 1 is 1.57 bits per heavy atom. The fraction of sp³-hybridized carbons (Fsp3) is 0.700. The first kappa shape index (κ1) is 11.2. The highest BCUT2D eigenvalue weighted by molar-refractivity contribution is 5.02. The van der Waals surface area contributed by atoms with Crippen LogP contribution < -0.4 is 5.32 Å². The van der Waals surface area contributed by atoms with E-state index < -0.39 is 0 Å². The molecule has 0 amide bonds. The summed E-state index contributed by atoms with van der Waals surface area (Å²) in [7, 11) is 0. The van der Waals surface area contributed by atoms with E-state index in [1.54, 1.807) is 0 Å². The number of aromatic nitrogens is 1. The lowest BCUT2D eigenvalue weighted by Gasteiger charge is -2.01. The molecule has 14 heavy (non-hydrogen) atoms. The fourth-order valence-electron chi connectivity index (χ4n) is 1.15. The Hall–Kier alpha value is -0.870. The molecule has 0 unspecified atom stereocenters. The molecule has 4 heteroatoms. The van der Waals surface area contributed by atoms with Gasteiger partial charge < -0.3 is 14.6 Å². The Bertz CT molecular complexity index is 248. The third-order valence-electron chi connectivity index (χ3n) is 1.82. The summed E-state index contributed by atoms with van der Waals surface area (Å²) in [4.78, 5) is 0. The SMILES string of the molecule is CCOCCCNCc1cc(C)no1. The molecular weight excluding hydrogens is 180 g/mol. The minimum Gasteiger partial charge on any atom is -0.382 e. The van der Waals surface area contributed by atoms with E-state index in [9.17, 15) is 0 Å². The van der Waals surface area contributed by atoms with Gasteiger partial charge >= 0.3 is 0 Å². The zero-order chi connectivity index (χ0) is 10.2. The highest BCUT2D eigenvalue weighted by Gasteiger charge is 1.98. The topological polar surface area (TPSA) is 47.3 Å². The number of nitrogens with zero attached hydrogens (tertiary/aromatic N) is 1. The molecule has 0 aliphatic heterocycles. The van der Waals surface area contributed by atoms with E-state index in [1.807, 2.05) is 19.9 Å². The molecule has 0 aliphatic carbocycles. The maximum atomic E-state index is 5.21. The monoisotopic (exact) mass is 198 g/mol. The van der Waals surface area contributed by atoms with Crippen LogP contribution in [0.15, 0.2) is 10.6 Å². The second-order valence-corrected chi connectivity index (χ2v) is 3.16. The zero-order valence-electron chi connectivity index (χ0n) is 8.88. The normalized spacial score (nSPS) is 10.7. The van der Waals surface area contributed by atoms with Gasteiger partial charge in [0.2, 0.25) is 0 Å². The highest BCUT2D eigenvalue weighted by atomic mass is 16.5. The van der Waals surface area contributed by atoms with Crippen molar-refractivity contribution in [2.24, 2.45) is 0 Å². The van der Waals surface area contributed by atoms with E-state index in [0.717, 1.165) is 44.2 Å². The van der Waals surface area contributed by atoms with E-state index in [4.69, 9.17) is 9.26 Å². The first-order valence-corrected chi connectivity index (χ1v) is 5.03. The van der Waals surface area contributed by atoms with Gasteiger partial charge in [0.15, 0.2) is 5.76 Å². The Kier molecular flexibility index (Phi) is 5.25. The van der Waals surface area contributed by atoms with Gasteiger partial charge in [0.1, 0.15) is 0 Å². The van der Waals surface area contributed by atoms with Crippen molar-refractivity contribution in [3.8, 4) is 0 Å². The molecule has 0 saturated heterocycles. The smallest absolute Gasteiger partial charge is 0.150 e. The van der Waals surface area contributed by atoms with Gasteiger partial charge in [-0.05, 0) is 26.8 Å². The van der Waals surface area contributed by atoms with Crippen molar-refractivity contribution in [1.29, 1.82) is 0 Å². The van der Waals surface area contributed by atoms with Crippen LogP contribution in [0.5, 0.6) is 0 Å². The maximum absolute atomic E-state index is 5.21. The summed E-state index contributed by atoms with van der Waals surface area (Å²) in [6.07, 6.45) is 1.03. The minimum absolute atomic E-state index is 0.743. The molecule has 1 aromatic rings. The predicted octanol–water partition coefficient (Wildman–Crippen LogP) is 1.50. The van der Waals surface area contributed by atoms with Gasteiger partial charge in [-0.3, -0.25) is 0 Å². The van der Waals surface area contributed by atoms with Gasteiger partial charge in [0.05, 0.1) is 12.2 Å². The number of nitrogens with one attached hydrogen (secondary N) is 1. The quantitative estimate of drug-likeness (QED) is 0.674. The molecular formula is C10H18N2O2. The lowest BCUT2D eigenvalue weighted by molar-refractivity contribution is 0.144. The zero-order valence-corrected chi connectivity index (χ0v) is 8.88. The average molecular weight is 198 g/mol. The molecule has 4 nitrogen and oxygen atoms in total. The Morgan fingerprint density at radius 2 is 2.43 bits per heavy atom. The third-order valence-corrected chi connectivity index (χ3v) is 1.82. The highest BCUT2D eigenvalue weighted by Crippen LogP contribution is 2.00. The molecule has 1 rings (SSSR count). The van der Waals surface area contributed by atoms with Crippen molar-refractivity contribution in [2.75, 3.05) is 19.8 Å². The predicted molar refractivity (Wildman–Crippen MR) is 54.1 cm³/mol. The van der Waals surface area contributed by atoms with Crippen LogP contribution in [0.4, 0.5) is 0 Å². The van der Waals surface area contributed by atoms with Crippen LogP contribution in [0.25, 0.3) is 0 Å². The van der Waals surface area contributed by atoms with Crippen LogP contribution in [-0.4, -0.2) is 24.9 Å². The molecule has 1 heterocycles. The van der Waals surface area contributed by atoms with E-state index in [-0.39, 0.29) is 0 Å². The molecule has 0 bridgehead atoms. The van der Waals surface area contributed by atoms with E-state index in [0.29, 0.717) is 0 Å². The largest absolute Gasteiger partial charge is 0.382 e. The van der Waals surface area contributed by atoms with Gasteiger partial charge in [-0.1, -0.05) is 5.16 Å². The second kappa shape index (κ2) is 6.56. The molecule has 1 N–H and O–H groups in total. The van der Waals surface area contributed by atoms with Crippen LogP contribution in [-0.2, 0) is 11.3 Å². The van der Waals surface area contributed by atoms with Gasteiger partial charge in [-0.15, -0.1) is 0 Å². The van der Waals surface area contributed by atoms with Crippen molar-refractivity contribution < 1.29 is 9.26 Å². The summed E-state index contributed by atoms with van der Waals surface area (Å²) < 4.78 is 10.3. The lowest BCUT2D eigenvalue weighted by Crippen LogP contribution is -2.15. The second-order valence-electron chi connectivity index (χ2n) is 3.16. The van der Waals surface area contributed by atoms with Gasteiger partial charge in [0, 0.05) is 19.3 Å². The van der Waals surface area contributed by atoms with Gasteiger partial charge in [-0.25, -0.2) is 0 Å². The number of rotatable bonds is 7. The fourth-order valence-corrected chi connectivity index (χ4v) is 1.15. The summed E-state index contributed by atoms with van der Waals surface area (Å²) in [6.45, 7) is 7.22. The summed E-state index contributed by atoms with van der Waals surface area (Å²) in [5.41, 5.74) is 0.927. The molecule has 0 aliphatic rings. The lowest BCUT2D eigenvalue weighted by atomic mass is 10.3. The molecule has 0 aromatic carbocycles. The van der Waals surface area contributed by atoms with Gasteiger partial charge in [-0.2, -0.15) is 0 Å². The van der Waals surface area contributed by atoms with Crippen LogP contribution >= 0.6 is 0 Å². The van der Waals surface area contributed by atoms with Crippen LogP contribution in [0.3, 0.4) is 0 Å². The average Bonchev–Trinajstić information content (AvgIpc) is 2.58. The molecule has 0 radical (unpaired) electrons. The van der Waals surface area contributed by atoms with Crippen molar-refractivity contribution in [1.82, 2.24) is 10.5 Å². The molecule has 0 atom stereocenters. The Morgan fingerprint density at radius 3 is 3.07 bits per heavy atom. The first-order chi connectivity index (χ1) is 6.83. The van der Waals surface area contributed by atoms with Crippen molar-refractivity contribution >= 4 is 0 Å². The molecule has 0 spiro atoms. The molecule has 1 aromatic heterocycles. The number of aryl methyl sites for hydroxylation is 1. The van der Waals surface area contributed by atoms with E-state index in [1.165, 1.54) is 0 Å². The van der Waals surface area contributed by atoms with E-state index >= 15 is 0 Å². The van der Waals surface area contributed by atoms with Gasteiger partial charge in [0.25, 0.3) is 0 Å². The van der Waals surface area contributed by atoms with Crippen molar-refractivity contribution in [3.05, 3.63) is 17.5 Å². The molecule has 0 saturated carbocycles. The summed E-state index contributed by atoms with van der Waals surface area (Å²) in [5, 5.41) is 7.07. The summed E-state index contributed by atoms with van der Waals surface area (Å²) in [6, 6.07) is 1.94. The number of hydrogen-bond donors (Lipinski definition) is 1. The van der Waals surface area contributed by atoms with E-state index in [2.05, 4.69) is 10.5 Å². The Balaban J connectivity index is 1.99. The summed E-state index contributed by atoms with van der Waals surface area (Å²) in [5.74, 6) is 0.888. The van der Waals surface area contributed by atoms with Crippen LogP contribution in [0.2, 0.25) is 0 Å². The van der Waals surface area contributed by atoms with Crippen molar-refractivity contribution in [2.45, 2.75) is 26.8 Å². The number of ether oxygens (including phenoxy) is 1. The minimum atomic E-state index is 0.743. The van der Waals surface area contributed by atoms with Crippen LogP contribution in [0.1, 0.15) is 24.8 Å². The summed E-state index contributed by atoms with van der Waals surface area (Å²) >= 11 is 0. The molecule has 80 valence electrons. The standard InChI is InChI=1S/C10H18N2O2/c1-3-13-6-4-5-11-8-10-7-9(2)12-14-10/h7,11H,3-6,8H2,1-2H3. The maximum Gasteiger partial charge on any atom is 0.150 e.